The highest BCUT2D eigenvalue weighted by atomic mass is 35.5. The molecule has 0 bridgehead atoms. The lowest BCUT2D eigenvalue weighted by molar-refractivity contribution is -0.131. The molecule has 1 heterocycles. The molecule has 1 aliphatic rings. The summed E-state index contributed by atoms with van der Waals surface area (Å²) in [5, 5.41) is -0.564. The minimum Gasteiger partial charge on any atom is -0.324 e. The first-order valence-corrected chi connectivity index (χ1v) is 9.77. The summed E-state index contributed by atoms with van der Waals surface area (Å²) in [4.78, 5) is 14.8. The molecule has 24 heavy (non-hydrogen) atoms. The second kappa shape index (κ2) is 7.62. The highest BCUT2D eigenvalue weighted by Gasteiger charge is 2.34. The molecular weight excluding hydrogens is 338 g/mol. The Labute approximate surface area is 153 Å². The van der Waals surface area contributed by atoms with Gasteiger partial charge in [0.25, 0.3) is 0 Å². The zero-order valence-corrected chi connectivity index (χ0v) is 15.6. The zero-order valence-electron chi connectivity index (χ0n) is 14.0. The number of rotatable bonds is 4. The summed E-state index contributed by atoms with van der Waals surface area (Å²) in [6, 6.07) is 18.2. The van der Waals surface area contributed by atoms with Crippen LogP contribution in [0.3, 0.4) is 0 Å². The van der Waals surface area contributed by atoms with Crippen molar-refractivity contribution in [1.29, 1.82) is 0 Å². The number of thioether (sulfide) groups is 1. The summed E-state index contributed by atoms with van der Waals surface area (Å²) in [5.41, 5.74) is 3.35. The van der Waals surface area contributed by atoms with E-state index >= 15 is 0 Å². The van der Waals surface area contributed by atoms with E-state index in [1.807, 2.05) is 35.2 Å². The number of amides is 1. The fourth-order valence-corrected chi connectivity index (χ4v) is 4.46. The molecule has 2 aromatic carbocycles. The summed E-state index contributed by atoms with van der Waals surface area (Å²) in [6.07, 6.45) is 0. The summed E-state index contributed by atoms with van der Waals surface area (Å²) in [5.74, 6) is 1.45. The van der Waals surface area contributed by atoms with Gasteiger partial charge in [-0.2, -0.15) is 0 Å². The molecule has 1 amide bonds. The van der Waals surface area contributed by atoms with E-state index in [0.29, 0.717) is 5.92 Å². The Morgan fingerprint density at radius 3 is 2.38 bits per heavy atom. The standard InChI is InChI=1S/C20H22ClNOS/c1-14(2)15-8-10-17(11-9-15)20-22(12-13-24-20)19(23)18(21)16-6-4-3-5-7-16/h3-11,14,18,20H,12-13H2,1-2H3/t18-,20+/m1/s1. The van der Waals surface area contributed by atoms with Gasteiger partial charge in [-0.25, -0.2) is 0 Å². The normalized spacial score (nSPS) is 18.8. The lowest BCUT2D eigenvalue weighted by Crippen LogP contribution is -2.33. The predicted molar refractivity (Wildman–Crippen MR) is 102 cm³/mol. The predicted octanol–water partition coefficient (Wildman–Crippen LogP) is 5.36. The van der Waals surface area contributed by atoms with Gasteiger partial charge in [0.1, 0.15) is 10.8 Å². The zero-order chi connectivity index (χ0) is 17.1. The minimum absolute atomic E-state index is 0.00852. The van der Waals surface area contributed by atoms with Gasteiger partial charge in [-0.05, 0) is 22.6 Å². The highest BCUT2D eigenvalue weighted by Crippen LogP contribution is 2.40. The third kappa shape index (κ3) is 3.62. The van der Waals surface area contributed by atoms with Gasteiger partial charge >= 0.3 is 0 Å². The van der Waals surface area contributed by atoms with Crippen molar-refractivity contribution in [2.75, 3.05) is 12.3 Å². The summed E-state index contributed by atoms with van der Waals surface area (Å²) in [6.45, 7) is 5.12. The molecule has 4 heteroatoms. The number of carbonyl (C=O) groups excluding carboxylic acids is 1. The van der Waals surface area contributed by atoms with Crippen LogP contribution in [-0.4, -0.2) is 23.1 Å². The second-order valence-electron chi connectivity index (χ2n) is 6.35. The van der Waals surface area contributed by atoms with Crippen molar-refractivity contribution in [2.45, 2.75) is 30.5 Å². The maximum Gasteiger partial charge on any atom is 0.246 e. The second-order valence-corrected chi connectivity index (χ2v) is 7.97. The van der Waals surface area contributed by atoms with Crippen molar-refractivity contribution in [2.24, 2.45) is 0 Å². The Balaban J connectivity index is 1.78. The van der Waals surface area contributed by atoms with E-state index in [4.69, 9.17) is 11.6 Å². The van der Waals surface area contributed by atoms with E-state index in [1.165, 1.54) is 11.1 Å². The van der Waals surface area contributed by atoms with Gasteiger partial charge in [-0.15, -0.1) is 23.4 Å². The van der Waals surface area contributed by atoms with Crippen molar-refractivity contribution in [3.05, 3.63) is 71.3 Å². The maximum atomic E-state index is 12.9. The van der Waals surface area contributed by atoms with Crippen LogP contribution in [-0.2, 0) is 4.79 Å². The number of nitrogens with zero attached hydrogens (tertiary/aromatic N) is 1. The smallest absolute Gasteiger partial charge is 0.246 e. The Bertz CT molecular complexity index is 687. The van der Waals surface area contributed by atoms with Gasteiger partial charge in [0.15, 0.2) is 0 Å². The summed E-state index contributed by atoms with van der Waals surface area (Å²) in [7, 11) is 0. The van der Waals surface area contributed by atoms with Crippen molar-refractivity contribution in [3.63, 3.8) is 0 Å². The van der Waals surface area contributed by atoms with Crippen LogP contribution in [0, 0.1) is 0 Å². The molecule has 2 atom stereocenters. The molecule has 1 fully saturated rings. The van der Waals surface area contributed by atoms with Crippen LogP contribution in [0.4, 0.5) is 0 Å². The number of halogens is 1. The first kappa shape index (κ1) is 17.4. The molecule has 0 aromatic heterocycles. The van der Waals surface area contributed by atoms with Crippen LogP contribution in [0.15, 0.2) is 54.6 Å². The Kier molecular flexibility index (Phi) is 5.52. The van der Waals surface area contributed by atoms with Gasteiger partial charge in [-0.1, -0.05) is 68.4 Å². The first-order valence-electron chi connectivity index (χ1n) is 8.29. The third-order valence-corrected chi connectivity index (χ3v) is 6.07. The molecule has 1 saturated heterocycles. The average Bonchev–Trinajstić information content (AvgIpc) is 3.11. The molecule has 1 aliphatic heterocycles. The van der Waals surface area contributed by atoms with Crippen molar-refractivity contribution in [3.8, 4) is 0 Å². The SMILES string of the molecule is CC(C)c1ccc([C@@H]2SCCN2C(=O)[C@H](Cl)c2ccccc2)cc1. The van der Waals surface area contributed by atoms with Crippen molar-refractivity contribution >= 4 is 29.3 Å². The summed E-state index contributed by atoms with van der Waals surface area (Å²) < 4.78 is 0. The van der Waals surface area contributed by atoms with Gasteiger partial charge in [0.2, 0.25) is 5.91 Å². The summed E-state index contributed by atoms with van der Waals surface area (Å²) >= 11 is 8.26. The Morgan fingerprint density at radius 2 is 1.75 bits per heavy atom. The Hall–Kier alpha value is -1.45. The van der Waals surface area contributed by atoms with Crippen LogP contribution in [0.1, 0.15) is 47.2 Å². The molecule has 0 radical (unpaired) electrons. The molecular formula is C20H22ClNOS. The molecule has 126 valence electrons. The molecule has 0 N–H and O–H groups in total. The first-order chi connectivity index (χ1) is 11.6. The number of hydrogen-bond acceptors (Lipinski definition) is 2. The molecule has 2 aromatic rings. The molecule has 3 rings (SSSR count). The molecule has 0 saturated carbocycles. The average molecular weight is 360 g/mol. The van der Waals surface area contributed by atoms with Crippen molar-refractivity contribution in [1.82, 2.24) is 4.90 Å². The quantitative estimate of drug-likeness (QED) is 0.684. The van der Waals surface area contributed by atoms with E-state index in [1.54, 1.807) is 11.8 Å². The van der Waals surface area contributed by atoms with E-state index in [9.17, 15) is 4.79 Å². The van der Waals surface area contributed by atoms with E-state index in [2.05, 4.69) is 38.1 Å². The largest absolute Gasteiger partial charge is 0.324 e. The van der Waals surface area contributed by atoms with Crippen LogP contribution < -0.4 is 0 Å². The highest BCUT2D eigenvalue weighted by molar-refractivity contribution is 7.99. The lowest BCUT2D eigenvalue weighted by atomic mass is 10.0. The monoisotopic (exact) mass is 359 g/mol. The van der Waals surface area contributed by atoms with Crippen LogP contribution >= 0.6 is 23.4 Å². The number of hydrogen-bond donors (Lipinski definition) is 0. The van der Waals surface area contributed by atoms with Crippen LogP contribution in [0.2, 0.25) is 0 Å². The molecule has 0 spiro atoms. The number of carbonyl (C=O) groups is 1. The Morgan fingerprint density at radius 1 is 1.08 bits per heavy atom. The lowest BCUT2D eigenvalue weighted by Gasteiger charge is -2.26. The van der Waals surface area contributed by atoms with Gasteiger partial charge in [0.05, 0.1) is 0 Å². The molecule has 0 aliphatic carbocycles. The number of benzene rings is 2. The van der Waals surface area contributed by atoms with Crippen LogP contribution in [0.25, 0.3) is 0 Å². The maximum absolute atomic E-state index is 12.9. The van der Waals surface area contributed by atoms with E-state index in [-0.39, 0.29) is 11.3 Å². The topological polar surface area (TPSA) is 20.3 Å². The van der Waals surface area contributed by atoms with Gasteiger partial charge in [0, 0.05) is 12.3 Å². The van der Waals surface area contributed by atoms with Gasteiger partial charge < -0.3 is 4.90 Å². The van der Waals surface area contributed by atoms with Gasteiger partial charge in [-0.3, -0.25) is 4.79 Å². The fraction of sp³-hybridized carbons (Fsp3) is 0.350. The molecule has 2 nitrogen and oxygen atoms in total. The number of alkyl halides is 1. The minimum atomic E-state index is -0.623. The van der Waals surface area contributed by atoms with E-state index < -0.39 is 5.38 Å². The van der Waals surface area contributed by atoms with Crippen molar-refractivity contribution < 1.29 is 4.79 Å². The van der Waals surface area contributed by atoms with Crippen LogP contribution in [0.5, 0.6) is 0 Å². The molecule has 0 unspecified atom stereocenters. The fourth-order valence-electron chi connectivity index (χ4n) is 2.93. The van der Waals surface area contributed by atoms with E-state index in [0.717, 1.165) is 17.9 Å². The third-order valence-electron chi connectivity index (χ3n) is 4.37.